The summed E-state index contributed by atoms with van der Waals surface area (Å²) in [5.41, 5.74) is 8.39. The van der Waals surface area contributed by atoms with E-state index >= 15 is 0 Å². The quantitative estimate of drug-likeness (QED) is 0.820. The Morgan fingerprint density at radius 1 is 1.26 bits per heavy atom. The van der Waals surface area contributed by atoms with Crippen LogP contribution < -0.4 is 11.1 Å². The maximum atomic E-state index is 13.5. The Balaban J connectivity index is 2.39. The van der Waals surface area contributed by atoms with Crippen molar-refractivity contribution in [3.05, 3.63) is 57.8 Å². The normalized spacial score (nSPS) is 10.3. The van der Waals surface area contributed by atoms with Crippen LogP contribution in [0.2, 0.25) is 0 Å². The second kappa shape index (κ2) is 5.67. The van der Waals surface area contributed by atoms with Gasteiger partial charge in [-0.05, 0) is 42.8 Å². The van der Waals surface area contributed by atoms with Gasteiger partial charge in [-0.25, -0.2) is 4.39 Å². The van der Waals surface area contributed by atoms with E-state index in [1.807, 2.05) is 24.3 Å². The molecule has 2 aromatic rings. The van der Waals surface area contributed by atoms with Gasteiger partial charge in [0.2, 0.25) is 0 Å². The van der Waals surface area contributed by atoms with Crippen molar-refractivity contribution in [2.75, 3.05) is 5.32 Å². The summed E-state index contributed by atoms with van der Waals surface area (Å²) in [5.74, 6) is -0.253. The Kier molecular flexibility index (Phi) is 4.17. The number of anilines is 2. The molecule has 0 saturated heterocycles. The van der Waals surface area contributed by atoms with E-state index in [2.05, 4.69) is 21.2 Å². The lowest BCUT2D eigenvalue weighted by molar-refractivity contribution is 0.619. The predicted octanol–water partition coefficient (Wildman–Crippen LogP) is 4.27. The molecule has 19 heavy (non-hydrogen) atoms. The van der Waals surface area contributed by atoms with Crippen LogP contribution in [-0.2, 0) is 0 Å². The van der Waals surface area contributed by atoms with Crippen LogP contribution in [-0.4, -0.2) is 4.99 Å². The second-order valence-electron chi connectivity index (χ2n) is 4.14. The second-order valence-corrected chi connectivity index (χ2v) is 5.50. The maximum Gasteiger partial charge on any atom is 0.128 e. The SMILES string of the molecule is Cc1ccc(Nc2cc(Br)ccc2C(N)=S)cc1F. The fourth-order valence-electron chi connectivity index (χ4n) is 1.66. The first kappa shape index (κ1) is 14.0. The van der Waals surface area contributed by atoms with Crippen LogP contribution >= 0.6 is 28.1 Å². The molecule has 0 aromatic heterocycles. The van der Waals surface area contributed by atoms with Gasteiger partial charge >= 0.3 is 0 Å². The lowest BCUT2D eigenvalue weighted by atomic mass is 10.1. The number of benzene rings is 2. The van der Waals surface area contributed by atoms with Crippen LogP contribution in [0.25, 0.3) is 0 Å². The van der Waals surface area contributed by atoms with E-state index in [9.17, 15) is 4.39 Å². The molecule has 0 radical (unpaired) electrons. The summed E-state index contributed by atoms with van der Waals surface area (Å²) in [6, 6.07) is 10.5. The van der Waals surface area contributed by atoms with E-state index < -0.39 is 0 Å². The van der Waals surface area contributed by atoms with Gasteiger partial charge in [0.05, 0.1) is 0 Å². The van der Waals surface area contributed by atoms with Crippen LogP contribution in [0.5, 0.6) is 0 Å². The molecule has 98 valence electrons. The third kappa shape index (κ3) is 3.30. The molecule has 3 N–H and O–H groups in total. The molecule has 0 amide bonds. The van der Waals surface area contributed by atoms with Crippen molar-refractivity contribution in [2.45, 2.75) is 6.92 Å². The molecule has 0 fully saturated rings. The summed E-state index contributed by atoms with van der Waals surface area (Å²) < 4.78 is 14.4. The summed E-state index contributed by atoms with van der Waals surface area (Å²) in [4.78, 5) is 0.294. The molecule has 5 heteroatoms. The molecule has 0 atom stereocenters. The molecule has 0 heterocycles. The Labute approximate surface area is 124 Å². The summed E-state index contributed by atoms with van der Waals surface area (Å²) in [6.07, 6.45) is 0. The zero-order chi connectivity index (χ0) is 14.0. The van der Waals surface area contributed by atoms with Crippen molar-refractivity contribution in [2.24, 2.45) is 5.73 Å². The first-order valence-electron chi connectivity index (χ1n) is 5.60. The summed E-state index contributed by atoms with van der Waals surface area (Å²) in [7, 11) is 0. The average molecular weight is 339 g/mol. The molecule has 0 aliphatic carbocycles. The molecule has 0 unspecified atom stereocenters. The summed E-state index contributed by atoms with van der Waals surface area (Å²) in [6.45, 7) is 1.72. The highest BCUT2D eigenvalue weighted by Crippen LogP contribution is 2.26. The van der Waals surface area contributed by atoms with Crippen molar-refractivity contribution >= 4 is 44.5 Å². The van der Waals surface area contributed by atoms with Crippen molar-refractivity contribution in [3.63, 3.8) is 0 Å². The molecule has 0 spiro atoms. The Morgan fingerprint density at radius 2 is 2.00 bits per heavy atom. The first-order valence-corrected chi connectivity index (χ1v) is 6.80. The van der Waals surface area contributed by atoms with Crippen LogP contribution in [0.15, 0.2) is 40.9 Å². The zero-order valence-corrected chi connectivity index (χ0v) is 12.6. The monoisotopic (exact) mass is 338 g/mol. The maximum absolute atomic E-state index is 13.5. The molecule has 0 bridgehead atoms. The van der Waals surface area contributed by atoms with E-state index in [4.69, 9.17) is 18.0 Å². The molecule has 0 aliphatic rings. The van der Waals surface area contributed by atoms with Gasteiger partial charge in [0.15, 0.2) is 0 Å². The average Bonchev–Trinajstić information content (AvgIpc) is 2.33. The van der Waals surface area contributed by atoms with Gasteiger partial charge < -0.3 is 11.1 Å². The standard InChI is InChI=1S/C14H12BrFN2S/c1-8-2-4-10(7-12(8)16)18-13-6-9(15)3-5-11(13)14(17)19/h2-7,18H,1H3,(H2,17,19). The zero-order valence-electron chi connectivity index (χ0n) is 10.2. The van der Waals surface area contributed by atoms with Gasteiger partial charge in [0.1, 0.15) is 10.8 Å². The highest BCUT2D eigenvalue weighted by atomic mass is 79.9. The van der Waals surface area contributed by atoms with E-state index in [-0.39, 0.29) is 5.82 Å². The minimum Gasteiger partial charge on any atom is -0.389 e. The van der Waals surface area contributed by atoms with Crippen LogP contribution in [0.1, 0.15) is 11.1 Å². The van der Waals surface area contributed by atoms with Crippen LogP contribution in [0.4, 0.5) is 15.8 Å². The number of rotatable bonds is 3. The first-order chi connectivity index (χ1) is 8.97. The van der Waals surface area contributed by atoms with E-state index in [1.165, 1.54) is 6.07 Å². The number of nitrogens with one attached hydrogen (secondary N) is 1. The fraction of sp³-hybridized carbons (Fsp3) is 0.0714. The number of aryl methyl sites for hydroxylation is 1. The van der Waals surface area contributed by atoms with Crippen molar-refractivity contribution < 1.29 is 4.39 Å². The number of hydrogen-bond acceptors (Lipinski definition) is 2. The summed E-state index contributed by atoms with van der Waals surface area (Å²) >= 11 is 8.39. The van der Waals surface area contributed by atoms with Gasteiger partial charge in [-0.1, -0.05) is 34.2 Å². The van der Waals surface area contributed by atoms with Gasteiger partial charge in [0, 0.05) is 21.4 Å². The summed E-state index contributed by atoms with van der Waals surface area (Å²) in [5, 5.41) is 3.13. The van der Waals surface area contributed by atoms with E-state index in [0.29, 0.717) is 16.2 Å². The van der Waals surface area contributed by atoms with Gasteiger partial charge in [-0.3, -0.25) is 0 Å². The Bertz CT molecular complexity index is 643. The number of thiocarbonyl (C=S) groups is 1. The predicted molar refractivity (Wildman–Crippen MR) is 84.4 cm³/mol. The van der Waals surface area contributed by atoms with Crippen molar-refractivity contribution in [3.8, 4) is 0 Å². The molecular weight excluding hydrogens is 327 g/mol. The smallest absolute Gasteiger partial charge is 0.128 e. The third-order valence-corrected chi connectivity index (χ3v) is 3.41. The number of halogens is 2. The highest BCUT2D eigenvalue weighted by Gasteiger charge is 2.07. The highest BCUT2D eigenvalue weighted by molar-refractivity contribution is 9.10. The van der Waals surface area contributed by atoms with Crippen LogP contribution in [0.3, 0.4) is 0 Å². The Morgan fingerprint density at radius 3 is 2.63 bits per heavy atom. The third-order valence-electron chi connectivity index (χ3n) is 2.70. The largest absolute Gasteiger partial charge is 0.389 e. The van der Waals surface area contributed by atoms with Crippen molar-refractivity contribution in [1.29, 1.82) is 0 Å². The molecule has 2 nitrogen and oxygen atoms in total. The van der Waals surface area contributed by atoms with Gasteiger partial charge in [-0.2, -0.15) is 0 Å². The Hall–Kier alpha value is -1.46. The molecule has 2 rings (SSSR count). The number of hydrogen-bond donors (Lipinski definition) is 2. The van der Waals surface area contributed by atoms with Gasteiger partial charge in [-0.15, -0.1) is 0 Å². The molecule has 2 aromatic carbocycles. The van der Waals surface area contributed by atoms with Gasteiger partial charge in [0.25, 0.3) is 0 Å². The minimum atomic E-state index is -0.253. The van der Waals surface area contributed by atoms with Crippen molar-refractivity contribution in [1.82, 2.24) is 0 Å². The topological polar surface area (TPSA) is 38.0 Å². The number of nitrogens with two attached hydrogens (primary N) is 1. The molecular formula is C14H12BrFN2S. The molecule has 0 saturated carbocycles. The fourth-order valence-corrected chi connectivity index (χ4v) is 2.20. The molecule has 0 aliphatic heterocycles. The van der Waals surface area contributed by atoms with E-state index in [1.54, 1.807) is 13.0 Å². The lowest BCUT2D eigenvalue weighted by Crippen LogP contribution is -2.11. The van der Waals surface area contributed by atoms with E-state index in [0.717, 1.165) is 15.7 Å². The van der Waals surface area contributed by atoms with Crippen LogP contribution in [0, 0.1) is 12.7 Å². The minimum absolute atomic E-state index is 0.253. The lowest BCUT2D eigenvalue weighted by Gasteiger charge is -2.12.